The van der Waals surface area contributed by atoms with E-state index in [0.29, 0.717) is 27.4 Å². The van der Waals surface area contributed by atoms with Crippen molar-refractivity contribution in [1.82, 2.24) is 19.6 Å². The maximum atomic E-state index is 5.33. The van der Waals surface area contributed by atoms with Crippen molar-refractivity contribution >= 4 is 32.6 Å². The molecule has 0 fully saturated rings. The molecule has 1 aromatic carbocycles. The summed E-state index contributed by atoms with van der Waals surface area (Å²) in [4.78, 5) is 4.35. The maximum Gasteiger partial charge on any atom is 0.183 e. The highest BCUT2D eigenvalue weighted by Crippen LogP contribution is 2.31. The number of halogens is 1. The Labute approximate surface area is 117 Å². The number of aromatic nitrogens is 4. The maximum absolute atomic E-state index is 5.33. The van der Waals surface area contributed by atoms with Crippen LogP contribution in [0.1, 0.15) is 5.69 Å². The quantitative estimate of drug-likeness (QED) is 0.724. The average Bonchev–Trinajstić information content (AvgIpc) is 2.72. The average molecular weight is 323 g/mol. The van der Waals surface area contributed by atoms with Crippen LogP contribution in [0.3, 0.4) is 0 Å². The normalized spacial score (nSPS) is 11.2. The molecular formula is C12H11BrN4O2. The van der Waals surface area contributed by atoms with Crippen LogP contribution in [0.15, 0.2) is 16.9 Å². The van der Waals surface area contributed by atoms with E-state index in [9.17, 15) is 0 Å². The minimum atomic E-state index is 0.613. The van der Waals surface area contributed by atoms with E-state index >= 15 is 0 Å². The smallest absolute Gasteiger partial charge is 0.183 e. The molecule has 0 saturated heterocycles. The highest BCUT2D eigenvalue weighted by molar-refractivity contribution is 9.10. The van der Waals surface area contributed by atoms with Gasteiger partial charge in [0.1, 0.15) is 5.75 Å². The predicted octanol–water partition coefficient (Wildman–Crippen LogP) is 2.37. The van der Waals surface area contributed by atoms with Gasteiger partial charge < -0.3 is 9.47 Å². The van der Waals surface area contributed by atoms with Gasteiger partial charge >= 0.3 is 0 Å². The van der Waals surface area contributed by atoms with Gasteiger partial charge in [-0.1, -0.05) is 0 Å². The summed E-state index contributed by atoms with van der Waals surface area (Å²) in [5.74, 6) is 1.30. The molecule has 0 saturated carbocycles. The van der Waals surface area contributed by atoms with Gasteiger partial charge in [-0.2, -0.15) is 0 Å². The van der Waals surface area contributed by atoms with Crippen LogP contribution < -0.4 is 9.47 Å². The van der Waals surface area contributed by atoms with E-state index in [-0.39, 0.29) is 0 Å². The number of imidazole rings is 1. The Balaban J connectivity index is 2.53. The summed E-state index contributed by atoms with van der Waals surface area (Å²) in [7, 11) is 3.20. The summed E-state index contributed by atoms with van der Waals surface area (Å²) in [5.41, 5.74) is 3.00. The Hall–Kier alpha value is -1.89. The third-order valence-electron chi connectivity index (χ3n) is 2.95. The van der Waals surface area contributed by atoms with Gasteiger partial charge in [0.25, 0.3) is 0 Å². The van der Waals surface area contributed by atoms with Crippen LogP contribution in [0.25, 0.3) is 16.7 Å². The highest BCUT2D eigenvalue weighted by atomic mass is 79.9. The fourth-order valence-electron chi connectivity index (χ4n) is 2.03. The van der Waals surface area contributed by atoms with Crippen molar-refractivity contribution in [2.24, 2.45) is 0 Å². The molecule has 0 aliphatic heterocycles. The fraction of sp³-hybridized carbons (Fsp3) is 0.250. The molecule has 3 aromatic rings. The number of benzene rings is 1. The van der Waals surface area contributed by atoms with Crippen molar-refractivity contribution in [3.63, 3.8) is 0 Å². The highest BCUT2D eigenvalue weighted by Gasteiger charge is 2.15. The SMILES string of the molecule is COc1cc(OC)c2nnc3c(C)nc(Br)n3c2c1. The molecule has 0 N–H and O–H groups in total. The van der Waals surface area contributed by atoms with Crippen molar-refractivity contribution < 1.29 is 9.47 Å². The van der Waals surface area contributed by atoms with Gasteiger partial charge in [-0.05, 0) is 22.9 Å². The molecular weight excluding hydrogens is 312 g/mol. The van der Waals surface area contributed by atoms with Gasteiger partial charge in [0, 0.05) is 12.1 Å². The Kier molecular flexibility index (Phi) is 2.78. The van der Waals surface area contributed by atoms with Gasteiger partial charge in [-0.15, -0.1) is 10.2 Å². The monoisotopic (exact) mass is 322 g/mol. The van der Waals surface area contributed by atoms with E-state index < -0.39 is 0 Å². The third kappa shape index (κ3) is 1.73. The number of aryl methyl sites for hydroxylation is 1. The van der Waals surface area contributed by atoms with Crippen molar-refractivity contribution in [1.29, 1.82) is 0 Å². The second-order valence-electron chi connectivity index (χ2n) is 4.02. The second kappa shape index (κ2) is 4.34. The molecule has 19 heavy (non-hydrogen) atoms. The van der Waals surface area contributed by atoms with Crippen LogP contribution in [0.5, 0.6) is 11.5 Å². The van der Waals surface area contributed by atoms with Gasteiger partial charge in [-0.25, -0.2) is 4.98 Å². The number of ether oxygens (including phenoxy) is 2. The van der Waals surface area contributed by atoms with Crippen LogP contribution in [-0.2, 0) is 0 Å². The predicted molar refractivity (Wildman–Crippen MR) is 73.8 cm³/mol. The molecule has 2 aromatic heterocycles. The Morgan fingerprint density at radius 2 is 1.95 bits per heavy atom. The lowest BCUT2D eigenvalue weighted by atomic mass is 10.2. The van der Waals surface area contributed by atoms with Crippen molar-refractivity contribution in [3.8, 4) is 11.5 Å². The fourth-order valence-corrected chi connectivity index (χ4v) is 2.65. The summed E-state index contributed by atoms with van der Waals surface area (Å²) < 4.78 is 13.2. The first-order chi connectivity index (χ1) is 9.15. The van der Waals surface area contributed by atoms with Crippen LogP contribution >= 0.6 is 15.9 Å². The van der Waals surface area contributed by atoms with E-state index in [1.807, 2.05) is 17.4 Å². The number of nitrogens with zero attached hydrogens (tertiary/aromatic N) is 4. The molecule has 2 heterocycles. The first-order valence-electron chi connectivity index (χ1n) is 5.58. The number of hydrogen-bond donors (Lipinski definition) is 0. The minimum absolute atomic E-state index is 0.613. The van der Waals surface area contributed by atoms with Gasteiger partial charge in [0.05, 0.1) is 25.4 Å². The molecule has 3 rings (SSSR count). The van der Waals surface area contributed by atoms with Gasteiger partial charge in [-0.3, -0.25) is 4.40 Å². The molecule has 6 nitrogen and oxygen atoms in total. The van der Waals surface area contributed by atoms with Crippen LogP contribution in [0.4, 0.5) is 0 Å². The van der Waals surface area contributed by atoms with E-state index in [1.54, 1.807) is 20.3 Å². The first-order valence-corrected chi connectivity index (χ1v) is 6.38. The molecule has 0 amide bonds. The Morgan fingerprint density at radius 1 is 1.16 bits per heavy atom. The second-order valence-corrected chi connectivity index (χ2v) is 4.73. The molecule has 0 aliphatic rings. The van der Waals surface area contributed by atoms with Crippen LogP contribution in [-0.4, -0.2) is 33.8 Å². The topological polar surface area (TPSA) is 61.5 Å². The summed E-state index contributed by atoms with van der Waals surface area (Å²) in [6.45, 7) is 1.89. The van der Waals surface area contributed by atoms with Crippen molar-refractivity contribution in [2.75, 3.05) is 14.2 Å². The zero-order valence-electron chi connectivity index (χ0n) is 10.6. The molecule has 0 unspecified atom stereocenters. The van der Waals surface area contributed by atoms with Crippen LogP contribution in [0.2, 0.25) is 0 Å². The molecule has 0 bridgehead atoms. The number of methoxy groups -OCH3 is 2. The largest absolute Gasteiger partial charge is 0.497 e. The summed E-state index contributed by atoms with van der Waals surface area (Å²) >= 11 is 3.43. The number of rotatable bonds is 2. The number of hydrogen-bond acceptors (Lipinski definition) is 5. The van der Waals surface area contributed by atoms with Crippen molar-refractivity contribution in [3.05, 3.63) is 22.6 Å². The Morgan fingerprint density at radius 3 is 2.63 bits per heavy atom. The van der Waals surface area contributed by atoms with Gasteiger partial charge in [0.2, 0.25) is 0 Å². The minimum Gasteiger partial charge on any atom is -0.497 e. The summed E-state index contributed by atoms with van der Waals surface area (Å²) in [6, 6.07) is 3.66. The lowest BCUT2D eigenvalue weighted by molar-refractivity contribution is 0.397. The zero-order chi connectivity index (χ0) is 13.6. The van der Waals surface area contributed by atoms with E-state index in [0.717, 1.165) is 11.2 Å². The molecule has 7 heteroatoms. The third-order valence-corrected chi connectivity index (χ3v) is 3.48. The standard InChI is InChI=1S/C12H11BrN4O2/c1-6-11-16-15-10-8(17(11)12(13)14-6)4-7(18-2)5-9(10)19-3/h4-5H,1-3H3. The lowest BCUT2D eigenvalue weighted by Gasteiger charge is -2.09. The van der Waals surface area contributed by atoms with Crippen LogP contribution in [0, 0.1) is 6.92 Å². The molecule has 0 spiro atoms. The van der Waals surface area contributed by atoms with Gasteiger partial charge in [0.15, 0.2) is 21.6 Å². The van der Waals surface area contributed by atoms with Crippen molar-refractivity contribution in [2.45, 2.75) is 6.92 Å². The zero-order valence-corrected chi connectivity index (χ0v) is 12.2. The van der Waals surface area contributed by atoms with E-state index in [4.69, 9.17) is 9.47 Å². The summed E-state index contributed by atoms with van der Waals surface area (Å²) in [5, 5.41) is 8.41. The lowest BCUT2D eigenvalue weighted by Crippen LogP contribution is -1.99. The molecule has 0 aliphatic carbocycles. The van der Waals surface area contributed by atoms with E-state index in [2.05, 4.69) is 31.1 Å². The molecule has 0 radical (unpaired) electrons. The Bertz CT molecular complexity index is 784. The summed E-state index contributed by atoms with van der Waals surface area (Å²) in [6.07, 6.45) is 0. The molecule has 0 atom stereocenters. The first kappa shape index (κ1) is 12.2. The van der Waals surface area contributed by atoms with E-state index in [1.165, 1.54) is 0 Å². The number of fused-ring (bicyclic) bond motifs is 3. The molecule has 98 valence electrons.